The fraction of sp³-hybridized carbons (Fsp3) is 0.200. The van der Waals surface area contributed by atoms with Crippen LogP contribution in [-0.4, -0.2) is 47.5 Å². The Hall–Kier alpha value is -3.60. The van der Waals surface area contributed by atoms with Crippen molar-refractivity contribution in [1.29, 1.82) is 0 Å². The lowest BCUT2D eigenvalue weighted by molar-refractivity contribution is 0.0279. The van der Waals surface area contributed by atoms with Crippen molar-refractivity contribution in [1.82, 2.24) is 9.80 Å². The van der Waals surface area contributed by atoms with E-state index in [9.17, 15) is 9.59 Å². The molecule has 0 unspecified atom stereocenters. The molecule has 1 heterocycles. The third kappa shape index (κ3) is 3.22. The summed E-state index contributed by atoms with van der Waals surface area (Å²) in [5, 5.41) is 2.14. The Labute approximate surface area is 199 Å². The zero-order valence-electron chi connectivity index (χ0n) is 19.0. The van der Waals surface area contributed by atoms with Gasteiger partial charge in [-0.15, -0.1) is 0 Å². The van der Waals surface area contributed by atoms with E-state index in [1.54, 1.807) is 12.1 Å². The first-order chi connectivity index (χ1) is 16.7. The van der Waals surface area contributed by atoms with E-state index in [0.29, 0.717) is 24.2 Å². The number of hydrogen-bond donors (Lipinski definition) is 0. The second-order valence-electron chi connectivity index (χ2n) is 9.22. The predicted molar refractivity (Wildman–Crippen MR) is 134 cm³/mol. The van der Waals surface area contributed by atoms with E-state index in [0.717, 1.165) is 36.0 Å². The Morgan fingerprint density at radius 1 is 0.618 bits per heavy atom. The highest BCUT2D eigenvalue weighted by molar-refractivity contribution is 6.33. The highest BCUT2D eigenvalue weighted by Gasteiger charge is 2.58. The Kier molecular flexibility index (Phi) is 5.13. The van der Waals surface area contributed by atoms with E-state index >= 15 is 0 Å². The monoisotopic (exact) mass is 446 g/mol. The number of nitrogens with zero attached hydrogens (tertiary/aromatic N) is 2. The first kappa shape index (κ1) is 21.0. The van der Waals surface area contributed by atoms with Crippen molar-refractivity contribution in [2.45, 2.75) is 12.1 Å². The number of fused-ring (bicyclic) bond motifs is 2. The smallest absolute Gasteiger partial charge is 0.196 e. The van der Waals surface area contributed by atoms with Gasteiger partial charge in [0, 0.05) is 43.9 Å². The van der Waals surface area contributed by atoms with Gasteiger partial charge in [-0.1, -0.05) is 91.0 Å². The van der Waals surface area contributed by atoms with Gasteiger partial charge in [0.25, 0.3) is 0 Å². The summed E-state index contributed by atoms with van der Waals surface area (Å²) in [7, 11) is 0. The van der Waals surface area contributed by atoms with Gasteiger partial charge in [0.15, 0.2) is 17.1 Å². The SMILES string of the molecule is O=C1c2ccccc2C(=O)C1(c1ccc2ccccc2c1)N1CCN(Cc2ccccc2)CC1. The maximum Gasteiger partial charge on any atom is 0.196 e. The van der Waals surface area contributed by atoms with Gasteiger partial charge < -0.3 is 0 Å². The first-order valence-electron chi connectivity index (χ1n) is 11.9. The van der Waals surface area contributed by atoms with Crippen molar-refractivity contribution < 1.29 is 9.59 Å². The van der Waals surface area contributed by atoms with Crippen molar-refractivity contribution in [2.75, 3.05) is 26.2 Å². The lowest BCUT2D eigenvalue weighted by Gasteiger charge is -2.44. The molecule has 6 rings (SSSR count). The number of Topliss-reactive ketones (excluding diaryl/α,β-unsaturated/α-hetero) is 2. The predicted octanol–water partition coefficient (Wildman–Crippen LogP) is 4.93. The van der Waals surface area contributed by atoms with Crippen LogP contribution in [0, 0.1) is 0 Å². The van der Waals surface area contributed by atoms with Crippen LogP contribution in [0.25, 0.3) is 10.8 Å². The molecule has 2 aliphatic rings. The molecular formula is C30H26N2O2. The van der Waals surface area contributed by atoms with Gasteiger partial charge in [-0.25, -0.2) is 0 Å². The van der Waals surface area contributed by atoms with Crippen LogP contribution in [0.5, 0.6) is 0 Å². The second kappa shape index (κ2) is 8.32. The maximum absolute atomic E-state index is 14.1. The molecule has 0 spiro atoms. The minimum absolute atomic E-state index is 0.0973. The summed E-state index contributed by atoms with van der Waals surface area (Å²) in [6.07, 6.45) is 0. The summed E-state index contributed by atoms with van der Waals surface area (Å²) in [4.78, 5) is 32.7. The Balaban J connectivity index is 1.39. The van der Waals surface area contributed by atoms with Gasteiger partial charge in [-0.3, -0.25) is 19.4 Å². The molecule has 1 aliphatic carbocycles. The van der Waals surface area contributed by atoms with Crippen LogP contribution in [0.1, 0.15) is 31.8 Å². The number of hydrogen-bond acceptors (Lipinski definition) is 4. The molecule has 0 N–H and O–H groups in total. The molecule has 0 radical (unpaired) electrons. The van der Waals surface area contributed by atoms with Crippen molar-refractivity contribution in [3.05, 3.63) is 119 Å². The number of benzene rings is 4. The number of carbonyl (C=O) groups excluding carboxylic acids is 2. The third-order valence-corrected chi connectivity index (χ3v) is 7.34. The van der Waals surface area contributed by atoms with Crippen molar-refractivity contribution in [2.24, 2.45) is 0 Å². The molecule has 0 atom stereocenters. The zero-order chi connectivity index (χ0) is 23.1. The van der Waals surface area contributed by atoms with Gasteiger partial charge in [-0.05, 0) is 28.0 Å². The van der Waals surface area contributed by atoms with E-state index in [1.165, 1.54) is 5.56 Å². The van der Waals surface area contributed by atoms with E-state index in [2.05, 4.69) is 40.1 Å². The molecule has 4 aromatic rings. The second-order valence-corrected chi connectivity index (χ2v) is 9.22. The number of rotatable bonds is 4. The Morgan fingerprint density at radius 3 is 1.88 bits per heavy atom. The van der Waals surface area contributed by atoms with E-state index in [4.69, 9.17) is 0 Å². The molecule has 34 heavy (non-hydrogen) atoms. The first-order valence-corrected chi connectivity index (χ1v) is 11.9. The molecule has 1 fully saturated rings. The molecule has 0 aromatic heterocycles. The molecule has 1 aliphatic heterocycles. The lowest BCUT2D eigenvalue weighted by Crippen LogP contribution is -2.60. The summed E-state index contributed by atoms with van der Waals surface area (Å²) in [5.74, 6) is -0.195. The average molecular weight is 447 g/mol. The van der Waals surface area contributed by atoms with Gasteiger partial charge in [-0.2, -0.15) is 0 Å². The fourth-order valence-corrected chi connectivity index (χ4v) is 5.60. The quantitative estimate of drug-likeness (QED) is 0.417. The van der Waals surface area contributed by atoms with E-state index in [1.807, 2.05) is 54.6 Å². The molecule has 168 valence electrons. The molecule has 4 heteroatoms. The van der Waals surface area contributed by atoms with Gasteiger partial charge in [0.05, 0.1) is 0 Å². The molecule has 0 amide bonds. The van der Waals surface area contributed by atoms with Crippen LogP contribution >= 0.6 is 0 Å². The van der Waals surface area contributed by atoms with Crippen LogP contribution < -0.4 is 0 Å². The topological polar surface area (TPSA) is 40.6 Å². The van der Waals surface area contributed by atoms with Gasteiger partial charge in [0.1, 0.15) is 0 Å². The van der Waals surface area contributed by atoms with Crippen molar-refractivity contribution >= 4 is 22.3 Å². The number of piperazine rings is 1. The van der Waals surface area contributed by atoms with E-state index < -0.39 is 5.54 Å². The average Bonchev–Trinajstić information content (AvgIpc) is 3.12. The fourth-order valence-electron chi connectivity index (χ4n) is 5.60. The minimum Gasteiger partial charge on any atom is -0.297 e. The highest BCUT2D eigenvalue weighted by atomic mass is 16.2. The standard InChI is InChI=1S/C30H26N2O2/c33-28-26-12-6-7-13-27(26)29(34)30(28,25-15-14-23-10-4-5-11-24(23)20-25)32-18-16-31(17-19-32)21-22-8-2-1-3-9-22/h1-15,20H,16-19,21H2. The largest absolute Gasteiger partial charge is 0.297 e. The summed E-state index contributed by atoms with van der Waals surface area (Å²) in [5.41, 5.74) is 1.82. The van der Waals surface area contributed by atoms with Crippen LogP contribution in [0.15, 0.2) is 97.1 Å². The van der Waals surface area contributed by atoms with Gasteiger partial charge >= 0.3 is 0 Å². The zero-order valence-corrected chi connectivity index (χ0v) is 19.0. The highest BCUT2D eigenvalue weighted by Crippen LogP contribution is 2.43. The molecular weight excluding hydrogens is 420 g/mol. The molecule has 0 bridgehead atoms. The van der Waals surface area contributed by atoms with Crippen LogP contribution in [-0.2, 0) is 12.1 Å². The molecule has 0 saturated carbocycles. The minimum atomic E-state index is -1.30. The summed E-state index contributed by atoms with van der Waals surface area (Å²) < 4.78 is 0. The number of ketones is 2. The molecule has 1 saturated heterocycles. The Bertz CT molecular complexity index is 1350. The Morgan fingerprint density at radius 2 is 1.21 bits per heavy atom. The maximum atomic E-state index is 14.1. The van der Waals surface area contributed by atoms with Crippen LogP contribution in [0.3, 0.4) is 0 Å². The van der Waals surface area contributed by atoms with E-state index in [-0.39, 0.29) is 11.6 Å². The molecule has 4 nitrogen and oxygen atoms in total. The summed E-state index contributed by atoms with van der Waals surface area (Å²) in [6.45, 7) is 3.80. The summed E-state index contributed by atoms with van der Waals surface area (Å²) >= 11 is 0. The normalized spacial score (nSPS) is 18.4. The van der Waals surface area contributed by atoms with Crippen molar-refractivity contribution in [3.8, 4) is 0 Å². The van der Waals surface area contributed by atoms with Crippen LogP contribution in [0.4, 0.5) is 0 Å². The van der Waals surface area contributed by atoms with Crippen molar-refractivity contribution in [3.63, 3.8) is 0 Å². The number of carbonyl (C=O) groups is 2. The molecule has 4 aromatic carbocycles. The van der Waals surface area contributed by atoms with Crippen LogP contribution in [0.2, 0.25) is 0 Å². The third-order valence-electron chi connectivity index (χ3n) is 7.34. The lowest BCUT2D eigenvalue weighted by atomic mass is 9.81. The summed E-state index contributed by atoms with van der Waals surface area (Å²) in [6, 6.07) is 31.9. The van der Waals surface area contributed by atoms with Gasteiger partial charge in [0.2, 0.25) is 0 Å².